The van der Waals surface area contributed by atoms with Crippen molar-refractivity contribution in [2.75, 3.05) is 98.1 Å². The number of amides is 3. The molecule has 2 aromatic heterocycles. The zero-order chi connectivity index (χ0) is 67.2. The summed E-state index contributed by atoms with van der Waals surface area (Å²) in [5.74, 6) is 1.79. The van der Waals surface area contributed by atoms with E-state index in [-0.39, 0.29) is 49.7 Å². The van der Waals surface area contributed by atoms with Crippen LogP contribution in [0.2, 0.25) is 0 Å². The van der Waals surface area contributed by atoms with Crippen molar-refractivity contribution in [1.29, 1.82) is 0 Å². The molecule has 0 saturated carbocycles. The van der Waals surface area contributed by atoms with Gasteiger partial charge in [0.25, 0.3) is 0 Å². The number of hydrogen-bond acceptors (Lipinski definition) is 17. The van der Waals surface area contributed by atoms with E-state index in [2.05, 4.69) is 118 Å². The largest absolute Gasteiger partial charge is 0.459 e. The molecular formula is C77H92N12O8. The highest BCUT2D eigenvalue weighted by atomic mass is 16.6. The molecule has 6 aliphatic heterocycles. The highest BCUT2D eigenvalue weighted by Crippen LogP contribution is 2.39. The first-order valence-electron chi connectivity index (χ1n) is 34.8. The molecule has 0 unspecified atom stereocenters. The van der Waals surface area contributed by atoms with Crippen LogP contribution in [0, 0.1) is 13.8 Å². The van der Waals surface area contributed by atoms with E-state index in [0.717, 1.165) is 97.9 Å². The number of carbonyl (C=O) groups is 3. The molecule has 14 rings (SSSR count). The van der Waals surface area contributed by atoms with E-state index in [1.807, 2.05) is 88.4 Å². The van der Waals surface area contributed by atoms with Gasteiger partial charge < -0.3 is 63.3 Å². The van der Waals surface area contributed by atoms with Gasteiger partial charge in [-0.1, -0.05) is 121 Å². The van der Waals surface area contributed by atoms with E-state index in [1.54, 1.807) is 14.7 Å². The smallest absolute Gasteiger partial charge is 0.410 e. The molecule has 8 aromatic rings. The summed E-state index contributed by atoms with van der Waals surface area (Å²) in [6, 6.07) is 46.6. The SMILES string of the molecule is Cc1cc(N2CCc3c(nc(O[C@H](C)[C@H]4CCCN4)nc3N3CCN(C(=O)OCc4ccccc4)CC3)C2)c2ccccc2c1.Cc1cc(N2CCc3c(nc(O[C@H](C)[C@H]4CCCN4C(=O)OC(C)(C)C)nc3N3CCN(C(=O)OCc4ccccc4)CC3)C2)c2ccccc2c1. The normalized spacial score (nSPS) is 18.6. The lowest BCUT2D eigenvalue weighted by Gasteiger charge is -2.38. The minimum Gasteiger partial charge on any atom is -0.459 e. The van der Waals surface area contributed by atoms with Gasteiger partial charge in [0.1, 0.15) is 42.7 Å². The second-order valence-electron chi connectivity index (χ2n) is 27.6. The van der Waals surface area contributed by atoms with Crippen LogP contribution >= 0.6 is 0 Å². The number of hydrogen-bond donors (Lipinski definition) is 1. The van der Waals surface area contributed by atoms with Gasteiger partial charge in [0.2, 0.25) is 0 Å². The Labute approximate surface area is 569 Å². The summed E-state index contributed by atoms with van der Waals surface area (Å²) < 4.78 is 30.0. The lowest BCUT2D eigenvalue weighted by Crippen LogP contribution is -2.50. The van der Waals surface area contributed by atoms with Crippen LogP contribution < -0.4 is 34.4 Å². The zero-order valence-electron chi connectivity index (χ0n) is 57.3. The van der Waals surface area contributed by atoms with Crippen LogP contribution in [0.25, 0.3) is 21.5 Å². The quantitative estimate of drug-likeness (QED) is 0.101. The minimum atomic E-state index is -0.581. The molecule has 20 heteroatoms. The zero-order valence-corrected chi connectivity index (χ0v) is 57.3. The molecule has 0 radical (unpaired) electrons. The molecule has 20 nitrogen and oxygen atoms in total. The highest BCUT2D eigenvalue weighted by molar-refractivity contribution is 5.96. The number of nitrogens with one attached hydrogen (secondary N) is 1. The summed E-state index contributed by atoms with van der Waals surface area (Å²) in [7, 11) is 0. The van der Waals surface area contributed by atoms with Crippen LogP contribution in [-0.4, -0.2) is 161 Å². The molecule has 4 fully saturated rings. The van der Waals surface area contributed by atoms with E-state index in [4.69, 9.17) is 43.6 Å². The third-order valence-electron chi connectivity index (χ3n) is 19.5. The third-order valence-corrected chi connectivity index (χ3v) is 19.5. The van der Waals surface area contributed by atoms with Gasteiger partial charge in [0, 0.05) is 111 Å². The Bertz CT molecular complexity index is 4080. The molecular weight excluding hydrogens is 1220 g/mol. The fraction of sp³-hybridized carbons (Fsp3) is 0.442. The van der Waals surface area contributed by atoms with Crippen molar-refractivity contribution in [3.63, 3.8) is 0 Å². The fourth-order valence-corrected chi connectivity index (χ4v) is 14.5. The number of fused-ring (bicyclic) bond motifs is 4. The van der Waals surface area contributed by atoms with Crippen molar-refractivity contribution in [2.24, 2.45) is 0 Å². The van der Waals surface area contributed by atoms with Crippen molar-refractivity contribution < 1.29 is 38.1 Å². The summed E-state index contributed by atoms with van der Waals surface area (Å²) in [5.41, 5.74) is 10.5. The predicted octanol–water partition coefficient (Wildman–Crippen LogP) is 12.6. The van der Waals surface area contributed by atoms with E-state index in [9.17, 15) is 14.4 Å². The Kier molecular flexibility index (Phi) is 20.1. The maximum Gasteiger partial charge on any atom is 0.410 e. The number of rotatable bonds is 14. The summed E-state index contributed by atoms with van der Waals surface area (Å²) in [6.07, 6.45) is 4.28. The average Bonchev–Trinajstić information content (AvgIpc) is 1.41. The Morgan fingerprint density at radius 1 is 0.515 bits per heavy atom. The van der Waals surface area contributed by atoms with Crippen molar-refractivity contribution in [1.82, 2.24) is 40.0 Å². The number of nitrogens with zero attached hydrogens (tertiary/aromatic N) is 11. The van der Waals surface area contributed by atoms with Crippen LogP contribution in [0.3, 0.4) is 0 Å². The van der Waals surface area contributed by atoms with Gasteiger partial charge >= 0.3 is 30.3 Å². The minimum absolute atomic E-state index is 0.0324. The number of carbonyl (C=O) groups excluding carboxylic acids is 3. The number of aryl methyl sites for hydroxylation is 2. The molecule has 508 valence electrons. The van der Waals surface area contributed by atoms with E-state index in [0.29, 0.717) is 90.1 Å². The van der Waals surface area contributed by atoms with E-state index < -0.39 is 5.60 Å². The molecule has 8 heterocycles. The van der Waals surface area contributed by atoms with Crippen LogP contribution in [0.1, 0.15) is 105 Å². The van der Waals surface area contributed by atoms with Crippen LogP contribution in [0.15, 0.2) is 133 Å². The predicted molar refractivity (Wildman–Crippen MR) is 379 cm³/mol. The summed E-state index contributed by atoms with van der Waals surface area (Å²) >= 11 is 0. The fourth-order valence-electron chi connectivity index (χ4n) is 14.5. The Balaban J connectivity index is 0.000000177. The Hall–Kier alpha value is -9.43. The molecule has 97 heavy (non-hydrogen) atoms. The number of aromatic nitrogens is 4. The standard InChI is InChI=1S/C41H50N6O5.C36H42N6O3/c1-28-24-31-14-9-10-15-32(31)36(25-28)46-19-17-33-34(26-46)42-38(51-29(2)35-16-11-18-47(35)40(49)52-41(3,4)5)43-37(33)44-20-22-45(23-21-44)39(48)50-27-30-12-7-6-8-13-30;1-25-21-28-11-6-7-12-29(28)33(22-25)42-16-14-30-32(23-42)38-35(45-26(2)31-13-8-15-37-31)39-34(30)40-17-19-41(20-18-40)36(43)44-24-27-9-4-3-5-10-27/h6-10,12-15,24-25,29,35H,11,16-23,26-27H2,1-5H3;3-7,9-12,21-22,26,31,37H,8,13-20,23-24H2,1-2H3/t29-,35-;26-,31-/m11/s1. The third kappa shape index (κ3) is 15.7. The topological polar surface area (TPSA) is 184 Å². The first-order valence-corrected chi connectivity index (χ1v) is 34.8. The summed E-state index contributed by atoms with van der Waals surface area (Å²) in [4.78, 5) is 73.9. The monoisotopic (exact) mass is 1310 g/mol. The van der Waals surface area contributed by atoms with Gasteiger partial charge in [-0.25, -0.2) is 14.4 Å². The van der Waals surface area contributed by atoms with Crippen molar-refractivity contribution in [3.8, 4) is 12.0 Å². The molecule has 6 aromatic carbocycles. The highest BCUT2D eigenvalue weighted by Gasteiger charge is 2.39. The second kappa shape index (κ2) is 29.5. The van der Waals surface area contributed by atoms with Crippen molar-refractivity contribution >= 4 is 62.8 Å². The van der Waals surface area contributed by atoms with Gasteiger partial charge in [-0.15, -0.1) is 0 Å². The summed E-state index contributed by atoms with van der Waals surface area (Å²) in [6.45, 7) is 24.0. The number of anilines is 4. The van der Waals surface area contributed by atoms with Gasteiger partial charge in [0.05, 0.1) is 30.5 Å². The summed E-state index contributed by atoms with van der Waals surface area (Å²) in [5, 5.41) is 8.50. The lowest BCUT2D eigenvalue weighted by molar-refractivity contribution is 0.0102. The molecule has 3 amide bonds. The number of piperazine rings is 2. The van der Waals surface area contributed by atoms with Gasteiger partial charge in [0.15, 0.2) is 0 Å². The molecule has 1 N–H and O–H groups in total. The maximum absolute atomic E-state index is 13.1. The Morgan fingerprint density at radius 3 is 1.44 bits per heavy atom. The molecule has 0 aliphatic carbocycles. The number of ether oxygens (including phenoxy) is 5. The molecule has 0 spiro atoms. The molecule has 4 saturated heterocycles. The van der Waals surface area contributed by atoms with Crippen molar-refractivity contribution in [2.45, 2.75) is 143 Å². The first-order chi connectivity index (χ1) is 47.0. The maximum atomic E-state index is 13.1. The average molecular weight is 1310 g/mol. The number of benzene rings is 6. The first kappa shape index (κ1) is 66.2. The van der Waals surface area contributed by atoms with E-state index >= 15 is 0 Å². The lowest BCUT2D eigenvalue weighted by atomic mass is 10.0. The van der Waals surface area contributed by atoms with Crippen molar-refractivity contribution in [3.05, 3.63) is 178 Å². The Morgan fingerprint density at radius 2 is 0.979 bits per heavy atom. The van der Waals surface area contributed by atoms with Gasteiger partial charge in [-0.3, -0.25) is 0 Å². The second-order valence-corrected chi connectivity index (χ2v) is 27.6. The molecule has 6 aliphatic rings. The molecule has 4 atom stereocenters. The van der Waals surface area contributed by atoms with Gasteiger partial charge in [-0.2, -0.15) is 19.9 Å². The van der Waals surface area contributed by atoms with E-state index in [1.165, 1.54) is 49.6 Å². The van der Waals surface area contributed by atoms with Crippen LogP contribution in [-0.2, 0) is 53.4 Å². The van der Waals surface area contributed by atoms with Gasteiger partial charge in [-0.05, 0) is 139 Å². The number of likely N-dealkylation sites (tertiary alicyclic amines) is 1. The van der Waals surface area contributed by atoms with Crippen LogP contribution in [0.5, 0.6) is 12.0 Å². The molecule has 0 bridgehead atoms. The van der Waals surface area contributed by atoms with Crippen LogP contribution in [0.4, 0.5) is 37.4 Å².